The number of aliphatic hydroxyl groups is 1. The van der Waals surface area contributed by atoms with Gasteiger partial charge in [-0.15, -0.1) is 0 Å². The normalized spacial score (nSPS) is 47.6. The SMILES string of the molecule is CC(=O)OC1CC2C(OC(C)=O)C(C)CC34C1CCCN3CCC(O)C24. The highest BCUT2D eigenvalue weighted by Crippen LogP contribution is 2.61. The number of aliphatic hydroxyl groups excluding tert-OH is 1. The minimum atomic E-state index is -0.374. The van der Waals surface area contributed by atoms with Gasteiger partial charge in [0.1, 0.15) is 12.2 Å². The Bertz CT molecular complexity index is 595. The Morgan fingerprint density at radius 3 is 2.54 bits per heavy atom. The van der Waals surface area contributed by atoms with E-state index in [1.807, 2.05) is 0 Å². The minimum Gasteiger partial charge on any atom is -0.462 e. The summed E-state index contributed by atoms with van der Waals surface area (Å²) < 4.78 is 11.5. The van der Waals surface area contributed by atoms with Crippen molar-refractivity contribution in [1.82, 2.24) is 4.90 Å². The molecule has 146 valence electrons. The van der Waals surface area contributed by atoms with Crippen LogP contribution in [-0.2, 0) is 19.1 Å². The van der Waals surface area contributed by atoms with Crippen molar-refractivity contribution in [3.63, 3.8) is 0 Å². The predicted molar refractivity (Wildman–Crippen MR) is 94.1 cm³/mol. The molecule has 2 bridgehead atoms. The molecule has 6 nitrogen and oxygen atoms in total. The van der Waals surface area contributed by atoms with Crippen LogP contribution < -0.4 is 0 Å². The van der Waals surface area contributed by atoms with Crippen LogP contribution in [-0.4, -0.2) is 58.9 Å². The molecular formula is C20H31NO5. The number of carbonyl (C=O) groups excluding carboxylic acids is 2. The molecule has 2 saturated carbocycles. The second-order valence-electron chi connectivity index (χ2n) is 8.91. The molecule has 4 rings (SSSR count). The van der Waals surface area contributed by atoms with Gasteiger partial charge in [0.15, 0.2) is 0 Å². The van der Waals surface area contributed by atoms with E-state index in [9.17, 15) is 14.7 Å². The second kappa shape index (κ2) is 6.48. The summed E-state index contributed by atoms with van der Waals surface area (Å²) in [4.78, 5) is 26.1. The molecular weight excluding hydrogens is 334 g/mol. The maximum absolute atomic E-state index is 11.8. The van der Waals surface area contributed by atoms with E-state index < -0.39 is 0 Å². The van der Waals surface area contributed by atoms with Gasteiger partial charge in [-0.1, -0.05) is 6.92 Å². The van der Waals surface area contributed by atoms with Gasteiger partial charge in [0.25, 0.3) is 0 Å². The van der Waals surface area contributed by atoms with Crippen molar-refractivity contribution in [2.45, 2.75) is 76.7 Å². The lowest BCUT2D eigenvalue weighted by Gasteiger charge is -2.69. The fraction of sp³-hybridized carbons (Fsp3) is 0.900. The van der Waals surface area contributed by atoms with Crippen molar-refractivity contribution in [3.05, 3.63) is 0 Å². The first-order valence-electron chi connectivity index (χ1n) is 10.1. The first kappa shape index (κ1) is 18.2. The maximum Gasteiger partial charge on any atom is 0.302 e. The number of piperidine rings is 2. The fourth-order valence-electron chi connectivity index (χ4n) is 7.06. The highest BCUT2D eigenvalue weighted by atomic mass is 16.6. The van der Waals surface area contributed by atoms with Crippen LogP contribution in [0.5, 0.6) is 0 Å². The molecule has 4 fully saturated rings. The number of carbonyl (C=O) groups is 2. The van der Waals surface area contributed by atoms with Crippen molar-refractivity contribution >= 4 is 11.9 Å². The molecule has 0 aromatic rings. The molecule has 2 aliphatic heterocycles. The highest BCUT2D eigenvalue weighted by Gasteiger charge is 2.68. The van der Waals surface area contributed by atoms with Gasteiger partial charge in [-0.25, -0.2) is 0 Å². The van der Waals surface area contributed by atoms with Crippen molar-refractivity contribution < 1.29 is 24.2 Å². The number of ether oxygens (including phenoxy) is 2. The van der Waals surface area contributed by atoms with E-state index in [0.717, 1.165) is 38.8 Å². The van der Waals surface area contributed by atoms with Gasteiger partial charge < -0.3 is 14.6 Å². The van der Waals surface area contributed by atoms with Crippen LogP contribution >= 0.6 is 0 Å². The average Bonchev–Trinajstić information content (AvgIpc) is 2.55. The Morgan fingerprint density at radius 1 is 1.12 bits per heavy atom. The summed E-state index contributed by atoms with van der Waals surface area (Å²) in [6.07, 6.45) is 3.77. The largest absolute Gasteiger partial charge is 0.462 e. The van der Waals surface area contributed by atoms with Crippen LogP contribution in [0.1, 0.15) is 52.9 Å². The smallest absolute Gasteiger partial charge is 0.302 e. The zero-order valence-corrected chi connectivity index (χ0v) is 16.0. The van der Waals surface area contributed by atoms with Crippen molar-refractivity contribution in [2.75, 3.05) is 13.1 Å². The molecule has 26 heavy (non-hydrogen) atoms. The summed E-state index contributed by atoms with van der Waals surface area (Å²) in [6.45, 7) is 7.05. The zero-order chi connectivity index (χ0) is 18.6. The molecule has 1 spiro atoms. The number of rotatable bonds is 2. The second-order valence-corrected chi connectivity index (χ2v) is 8.91. The van der Waals surface area contributed by atoms with Gasteiger partial charge in [-0.3, -0.25) is 14.5 Å². The summed E-state index contributed by atoms with van der Waals surface area (Å²) in [6, 6.07) is 0. The lowest BCUT2D eigenvalue weighted by molar-refractivity contribution is -0.255. The molecule has 4 aliphatic rings. The van der Waals surface area contributed by atoms with E-state index in [1.54, 1.807) is 0 Å². The van der Waals surface area contributed by atoms with Gasteiger partial charge in [0, 0.05) is 43.7 Å². The number of hydrogen-bond acceptors (Lipinski definition) is 6. The molecule has 2 saturated heterocycles. The average molecular weight is 365 g/mol. The third-order valence-electron chi connectivity index (χ3n) is 7.53. The summed E-state index contributed by atoms with van der Waals surface area (Å²) in [7, 11) is 0. The van der Waals surface area contributed by atoms with E-state index in [0.29, 0.717) is 6.42 Å². The maximum atomic E-state index is 11.8. The van der Waals surface area contributed by atoms with Crippen molar-refractivity contribution in [1.29, 1.82) is 0 Å². The van der Waals surface area contributed by atoms with Crippen LogP contribution in [0.15, 0.2) is 0 Å². The highest BCUT2D eigenvalue weighted by molar-refractivity contribution is 5.66. The van der Waals surface area contributed by atoms with E-state index in [2.05, 4.69) is 11.8 Å². The molecule has 2 aliphatic carbocycles. The van der Waals surface area contributed by atoms with Crippen molar-refractivity contribution in [2.24, 2.45) is 23.7 Å². The molecule has 0 aromatic heterocycles. The van der Waals surface area contributed by atoms with Crippen LogP contribution in [0.25, 0.3) is 0 Å². The Hall–Kier alpha value is -1.14. The summed E-state index contributed by atoms with van der Waals surface area (Å²) in [5.41, 5.74) is -0.130. The third kappa shape index (κ3) is 2.60. The third-order valence-corrected chi connectivity index (χ3v) is 7.53. The molecule has 1 N–H and O–H groups in total. The van der Waals surface area contributed by atoms with E-state index in [1.165, 1.54) is 13.8 Å². The van der Waals surface area contributed by atoms with Crippen LogP contribution in [0, 0.1) is 23.7 Å². The lowest BCUT2D eigenvalue weighted by atomic mass is 9.46. The van der Waals surface area contributed by atoms with E-state index in [4.69, 9.17) is 9.47 Å². The van der Waals surface area contributed by atoms with Gasteiger partial charge in [0.2, 0.25) is 0 Å². The molecule has 6 heteroatoms. The monoisotopic (exact) mass is 365 g/mol. The first-order valence-corrected chi connectivity index (χ1v) is 10.1. The topological polar surface area (TPSA) is 76.1 Å². The van der Waals surface area contributed by atoms with E-state index >= 15 is 0 Å². The predicted octanol–water partition coefficient (Wildman–Crippen LogP) is 1.74. The van der Waals surface area contributed by atoms with Crippen LogP contribution in [0.3, 0.4) is 0 Å². The molecule has 0 radical (unpaired) electrons. The fourth-order valence-corrected chi connectivity index (χ4v) is 7.06. The minimum absolute atomic E-state index is 0.0409. The molecule has 0 aromatic carbocycles. The van der Waals surface area contributed by atoms with Gasteiger partial charge in [0.05, 0.1) is 6.10 Å². The zero-order valence-electron chi connectivity index (χ0n) is 16.0. The summed E-state index contributed by atoms with van der Waals surface area (Å²) >= 11 is 0. The number of esters is 2. The Balaban J connectivity index is 1.78. The van der Waals surface area contributed by atoms with Gasteiger partial charge >= 0.3 is 11.9 Å². The molecule has 0 amide bonds. The van der Waals surface area contributed by atoms with Crippen LogP contribution in [0.2, 0.25) is 0 Å². The Labute approximate surface area is 155 Å². The van der Waals surface area contributed by atoms with Gasteiger partial charge in [-0.05, 0) is 44.6 Å². The number of hydrogen-bond donors (Lipinski definition) is 1. The first-order chi connectivity index (χ1) is 12.3. The molecule has 8 unspecified atom stereocenters. The van der Waals surface area contributed by atoms with E-state index in [-0.39, 0.29) is 59.5 Å². The Morgan fingerprint density at radius 2 is 1.85 bits per heavy atom. The summed E-state index contributed by atoms with van der Waals surface area (Å²) in [5.74, 6) is 0.125. The lowest BCUT2D eigenvalue weighted by Crippen LogP contribution is -2.77. The Kier molecular flexibility index (Phi) is 4.55. The quantitative estimate of drug-likeness (QED) is 0.751. The number of nitrogens with zero attached hydrogens (tertiary/aromatic N) is 1. The standard InChI is InChI=1S/C20H31NO5/c1-11-10-20-15-5-4-7-21(20)8-6-16(24)18(20)14(19(11)26-13(3)23)9-17(15)25-12(2)22/h11,14-19,24H,4-10H2,1-3H3. The summed E-state index contributed by atoms with van der Waals surface area (Å²) in [5, 5.41) is 11.0. The molecule has 2 heterocycles. The van der Waals surface area contributed by atoms with Crippen molar-refractivity contribution in [3.8, 4) is 0 Å². The van der Waals surface area contributed by atoms with Crippen LogP contribution in [0.4, 0.5) is 0 Å². The molecule has 8 atom stereocenters. The van der Waals surface area contributed by atoms with Gasteiger partial charge in [-0.2, -0.15) is 0 Å².